The highest BCUT2D eigenvalue weighted by molar-refractivity contribution is 8.13. The van der Waals surface area contributed by atoms with Crippen molar-refractivity contribution >= 4 is 30.1 Å². The number of alkyl halides is 3. The quantitative estimate of drug-likeness (QED) is 0.515. The molecule has 1 aliphatic rings. The van der Waals surface area contributed by atoms with E-state index >= 15 is 0 Å². The Hall–Kier alpha value is -1.32. The van der Waals surface area contributed by atoms with E-state index in [2.05, 4.69) is 0 Å². The molecule has 0 aromatic heterocycles. The Bertz CT molecular complexity index is 743. The number of benzene rings is 1. The lowest BCUT2D eigenvalue weighted by atomic mass is 9.78. The van der Waals surface area contributed by atoms with Crippen molar-refractivity contribution in [2.24, 2.45) is 0 Å². The van der Waals surface area contributed by atoms with Gasteiger partial charge in [0, 0.05) is 12.7 Å². The molecule has 1 aliphatic heterocycles. The Balaban J connectivity index is 2.37. The fraction of sp³-hybridized carbons (Fsp3) is 0.500. The standard InChI is InChI=1S/C18H21BF4O3S/c1-11(24)27-10-13(19-25-16(2,3)17(4,5)26-19)8-12-6-7-14(15(20)9-12)18(21,22)23/h6-9H,10H2,1-5H3. The van der Waals surface area contributed by atoms with Crippen LogP contribution in [0.15, 0.2) is 23.7 Å². The zero-order valence-electron chi connectivity index (χ0n) is 15.7. The molecule has 0 spiro atoms. The summed E-state index contributed by atoms with van der Waals surface area (Å²) in [5.41, 5.74) is -1.80. The fourth-order valence-corrected chi connectivity index (χ4v) is 3.01. The summed E-state index contributed by atoms with van der Waals surface area (Å²) < 4.78 is 64.0. The number of carbonyl (C=O) groups excluding carboxylic acids is 1. The minimum absolute atomic E-state index is 0.129. The molecule has 0 aliphatic carbocycles. The van der Waals surface area contributed by atoms with E-state index in [4.69, 9.17) is 9.31 Å². The number of rotatable bonds is 4. The molecule has 1 aromatic carbocycles. The Morgan fingerprint density at radius 3 is 2.19 bits per heavy atom. The lowest BCUT2D eigenvalue weighted by molar-refractivity contribution is -0.140. The maximum Gasteiger partial charge on any atom is 0.491 e. The second kappa shape index (κ2) is 7.60. The maximum atomic E-state index is 13.9. The van der Waals surface area contributed by atoms with Gasteiger partial charge in [0.05, 0.1) is 16.8 Å². The fourth-order valence-electron chi connectivity index (χ4n) is 2.42. The highest BCUT2D eigenvalue weighted by Gasteiger charge is 2.52. The molecule has 148 valence electrons. The first-order valence-electron chi connectivity index (χ1n) is 8.29. The smallest absolute Gasteiger partial charge is 0.400 e. The van der Waals surface area contributed by atoms with Crippen molar-refractivity contribution in [1.29, 1.82) is 0 Å². The summed E-state index contributed by atoms with van der Waals surface area (Å²) in [6, 6.07) is 2.68. The Morgan fingerprint density at radius 1 is 1.19 bits per heavy atom. The van der Waals surface area contributed by atoms with Crippen LogP contribution in [0.4, 0.5) is 17.6 Å². The van der Waals surface area contributed by atoms with Crippen LogP contribution in [0.5, 0.6) is 0 Å². The van der Waals surface area contributed by atoms with Gasteiger partial charge in [-0.05, 0) is 50.9 Å². The van der Waals surface area contributed by atoms with Crippen LogP contribution in [-0.2, 0) is 20.3 Å². The van der Waals surface area contributed by atoms with Crippen LogP contribution < -0.4 is 0 Å². The summed E-state index contributed by atoms with van der Waals surface area (Å²) in [6.07, 6.45) is -3.26. The van der Waals surface area contributed by atoms with Crippen molar-refractivity contribution in [3.63, 3.8) is 0 Å². The summed E-state index contributed by atoms with van der Waals surface area (Å²) in [5, 5.41) is -0.129. The monoisotopic (exact) mass is 404 g/mol. The van der Waals surface area contributed by atoms with E-state index in [0.29, 0.717) is 11.5 Å². The largest absolute Gasteiger partial charge is 0.491 e. The molecule has 27 heavy (non-hydrogen) atoms. The topological polar surface area (TPSA) is 35.5 Å². The molecular weight excluding hydrogens is 383 g/mol. The van der Waals surface area contributed by atoms with E-state index < -0.39 is 35.9 Å². The predicted molar refractivity (Wildman–Crippen MR) is 98.6 cm³/mol. The number of thioether (sulfide) groups is 1. The highest BCUT2D eigenvalue weighted by Crippen LogP contribution is 2.39. The summed E-state index contributed by atoms with van der Waals surface area (Å²) in [5.74, 6) is -1.14. The zero-order valence-corrected chi connectivity index (χ0v) is 16.6. The number of hydrogen-bond acceptors (Lipinski definition) is 4. The third kappa shape index (κ3) is 5.15. The average Bonchev–Trinajstić information content (AvgIpc) is 2.70. The molecule has 0 N–H and O–H groups in total. The molecule has 1 fully saturated rings. The lowest BCUT2D eigenvalue weighted by Gasteiger charge is -2.32. The molecule has 1 heterocycles. The van der Waals surface area contributed by atoms with Gasteiger partial charge in [0.1, 0.15) is 5.82 Å². The Labute approximate surface area is 160 Å². The number of hydrogen-bond donors (Lipinski definition) is 0. The normalized spacial score (nSPS) is 19.4. The van der Waals surface area contributed by atoms with Crippen LogP contribution in [-0.4, -0.2) is 29.2 Å². The highest BCUT2D eigenvalue weighted by atomic mass is 32.2. The second-order valence-corrected chi connectivity index (χ2v) is 8.48. The predicted octanol–water partition coefficient (Wildman–Crippen LogP) is 5.14. The molecule has 1 aromatic rings. The van der Waals surface area contributed by atoms with E-state index in [9.17, 15) is 22.4 Å². The van der Waals surface area contributed by atoms with E-state index in [-0.39, 0.29) is 16.4 Å². The van der Waals surface area contributed by atoms with E-state index in [1.807, 2.05) is 27.7 Å². The third-order valence-corrected chi connectivity index (χ3v) is 5.53. The van der Waals surface area contributed by atoms with Crippen molar-refractivity contribution in [3.05, 3.63) is 40.6 Å². The van der Waals surface area contributed by atoms with Crippen LogP contribution in [0.1, 0.15) is 45.7 Å². The minimum atomic E-state index is -4.76. The summed E-state index contributed by atoms with van der Waals surface area (Å²) in [7, 11) is -0.785. The minimum Gasteiger partial charge on any atom is -0.400 e. The van der Waals surface area contributed by atoms with E-state index in [1.165, 1.54) is 19.1 Å². The van der Waals surface area contributed by atoms with Gasteiger partial charge in [-0.3, -0.25) is 4.79 Å². The van der Waals surface area contributed by atoms with E-state index in [1.54, 1.807) is 0 Å². The van der Waals surface area contributed by atoms with Gasteiger partial charge in [0.2, 0.25) is 0 Å². The first-order valence-corrected chi connectivity index (χ1v) is 9.28. The van der Waals surface area contributed by atoms with Crippen LogP contribution in [0.3, 0.4) is 0 Å². The van der Waals surface area contributed by atoms with Gasteiger partial charge >= 0.3 is 13.3 Å². The molecule has 2 rings (SSSR count). The maximum absolute atomic E-state index is 13.9. The van der Waals surface area contributed by atoms with Gasteiger partial charge < -0.3 is 9.31 Å². The average molecular weight is 404 g/mol. The second-order valence-electron chi connectivity index (χ2n) is 7.32. The van der Waals surface area contributed by atoms with Crippen molar-refractivity contribution in [1.82, 2.24) is 0 Å². The summed E-state index contributed by atoms with van der Waals surface area (Å²) in [4.78, 5) is 11.3. The van der Waals surface area contributed by atoms with Crippen LogP contribution in [0.2, 0.25) is 0 Å². The third-order valence-electron chi connectivity index (χ3n) is 4.65. The number of carbonyl (C=O) groups is 1. The molecular formula is C18H21BF4O3S. The SMILES string of the molecule is CC(=O)SCC(=Cc1ccc(C(F)(F)F)c(F)c1)B1OC(C)(C)C(C)(C)O1. The molecule has 0 amide bonds. The molecule has 0 bridgehead atoms. The first kappa shape index (κ1) is 22.0. The summed E-state index contributed by atoms with van der Waals surface area (Å²) >= 11 is 1.02. The molecule has 0 radical (unpaired) electrons. The number of halogens is 4. The van der Waals surface area contributed by atoms with Crippen molar-refractivity contribution in [3.8, 4) is 0 Å². The van der Waals surface area contributed by atoms with Gasteiger partial charge in [0.25, 0.3) is 0 Å². The lowest BCUT2D eigenvalue weighted by Crippen LogP contribution is -2.41. The summed E-state index contributed by atoms with van der Waals surface area (Å²) in [6.45, 7) is 8.85. The van der Waals surface area contributed by atoms with Crippen molar-refractivity contribution < 1.29 is 31.7 Å². The van der Waals surface area contributed by atoms with Crippen LogP contribution in [0, 0.1) is 5.82 Å². The Kier molecular flexibility index (Phi) is 6.19. The molecule has 0 saturated carbocycles. The van der Waals surface area contributed by atoms with Gasteiger partial charge in [-0.25, -0.2) is 4.39 Å². The molecule has 0 unspecified atom stereocenters. The van der Waals surface area contributed by atoms with Crippen molar-refractivity contribution in [2.75, 3.05) is 5.75 Å². The molecule has 0 atom stereocenters. The van der Waals surface area contributed by atoms with Gasteiger partial charge in [-0.2, -0.15) is 13.2 Å². The molecule has 1 saturated heterocycles. The van der Waals surface area contributed by atoms with Crippen LogP contribution >= 0.6 is 11.8 Å². The van der Waals surface area contributed by atoms with Gasteiger partial charge in [-0.1, -0.05) is 23.9 Å². The molecule has 9 heteroatoms. The van der Waals surface area contributed by atoms with Gasteiger partial charge in [0.15, 0.2) is 5.12 Å². The van der Waals surface area contributed by atoms with Crippen LogP contribution in [0.25, 0.3) is 6.08 Å². The van der Waals surface area contributed by atoms with E-state index in [0.717, 1.165) is 17.8 Å². The van der Waals surface area contributed by atoms with Crippen molar-refractivity contribution in [2.45, 2.75) is 52.0 Å². The van der Waals surface area contributed by atoms with Gasteiger partial charge in [-0.15, -0.1) is 0 Å². The first-order chi connectivity index (χ1) is 12.2. The molecule has 3 nitrogen and oxygen atoms in total. The zero-order chi connectivity index (χ0) is 20.6. The Morgan fingerprint density at radius 2 is 1.74 bits per heavy atom.